The minimum Gasteiger partial charge on any atom is -0.325 e. The molecule has 0 atom stereocenters. The van der Waals surface area contributed by atoms with Crippen molar-refractivity contribution in [3.63, 3.8) is 0 Å². The number of hydrogen-bond donors (Lipinski definition) is 1. The number of carbonyl (C=O) groups excluding carboxylic acids is 1. The van der Waals surface area contributed by atoms with E-state index >= 15 is 0 Å². The van der Waals surface area contributed by atoms with Gasteiger partial charge in [0.05, 0.1) is 23.0 Å². The van der Waals surface area contributed by atoms with Crippen LogP contribution in [-0.2, 0) is 4.79 Å². The number of carbonyl (C=O) groups is 1. The highest BCUT2D eigenvalue weighted by Crippen LogP contribution is 2.26. The lowest BCUT2D eigenvalue weighted by Gasteiger charge is -2.08. The summed E-state index contributed by atoms with van der Waals surface area (Å²) < 4.78 is 14.8. The summed E-state index contributed by atoms with van der Waals surface area (Å²) >= 11 is 1.32. The molecule has 0 bridgehead atoms. The van der Waals surface area contributed by atoms with Gasteiger partial charge in [0.25, 0.3) is 0 Å². The zero-order valence-corrected chi connectivity index (χ0v) is 15.8. The Bertz CT molecular complexity index is 1140. The number of thioether (sulfide) groups is 1. The standard InChI is InChI=1S/C20H16FN5OS/c1-13-4-2-3-5-17(13)25-18(27)11-28-20-16-10-24-26(19(16)22-12-23-20)15-8-6-14(21)7-9-15/h2-10,12H,11H2,1H3,(H,25,27). The van der Waals surface area contributed by atoms with Crippen LogP contribution in [0.15, 0.2) is 66.1 Å². The van der Waals surface area contributed by atoms with E-state index in [1.54, 1.807) is 23.0 Å². The van der Waals surface area contributed by atoms with E-state index in [1.165, 1.54) is 30.2 Å². The molecular weight excluding hydrogens is 377 g/mol. The SMILES string of the molecule is Cc1ccccc1NC(=O)CSc1ncnc2c1cnn2-c1ccc(F)cc1. The quantitative estimate of drug-likeness (QED) is 0.410. The van der Waals surface area contributed by atoms with E-state index < -0.39 is 0 Å². The van der Waals surface area contributed by atoms with Crippen LogP contribution in [0.1, 0.15) is 5.56 Å². The molecule has 140 valence electrons. The molecule has 0 aliphatic heterocycles. The van der Waals surface area contributed by atoms with Gasteiger partial charge < -0.3 is 5.32 Å². The topological polar surface area (TPSA) is 72.7 Å². The molecule has 0 saturated carbocycles. The summed E-state index contributed by atoms with van der Waals surface area (Å²) in [4.78, 5) is 20.9. The highest BCUT2D eigenvalue weighted by molar-refractivity contribution is 8.00. The summed E-state index contributed by atoms with van der Waals surface area (Å²) in [5.74, 6) is -0.218. The first kappa shape index (κ1) is 18.1. The molecule has 2 aromatic carbocycles. The molecule has 28 heavy (non-hydrogen) atoms. The zero-order chi connectivity index (χ0) is 19.5. The van der Waals surface area contributed by atoms with Crippen LogP contribution < -0.4 is 5.32 Å². The second-order valence-corrected chi connectivity index (χ2v) is 7.06. The van der Waals surface area contributed by atoms with Gasteiger partial charge in [0.2, 0.25) is 5.91 Å². The molecule has 0 radical (unpaired) electrons. The number of rotatable bonds is 5. The smallest absolute Gasteiger partial charge is 0.234 e. The number of nitrogens with zero attached hydrogens (tertiary/aromatic N) is 4. The highest BCUT2D eigenvalue weighted by atomic mass is 32.2. The first-order chi connectivity index (χ1) is 13.6. The largest absolute Gasteiger partial charge is 0.325 e. The van der Waals surface area contributed by atoms with Crippen LogP contribution in [0, 0.1) is 12.7 Å². The number of halogens is 1. The second-order valence-electron chi connectivity index (χ2n) is 6.10. The number of fused-ring (bicyclic) bond motifs is 1. The van der Waals surface area contributed by atoms with Crippen LogP contribution in [0.3, 0.4) is 0 Å². The van der Waals surface area contributed by atoms with Gasteiger partial charge in [-0.25, -0.2) is 19.0 Å². The third-order valence-corrected chi connectivity index (χ3v) is 5.16. The first-order valence-electron chi connectivity index (χ1n) is 8.55. The Morgan fingerprint density at radius 2 is 1.93 bits per heavy atom. The van der Waals surface area contributed by atoms with Crippen molar-refractivity contribution < 1.29 is 9.18 Å². The summed E-state index contributed by atoms with van der Waals surface area (Å²) in [6.07, 6.45) is 3.09. The van der Waals surface area contributed by atoms with Crippen LogP contribution in [0.2, 0.25) is 0 Å². The normalized spacial score (nSPS) is 10.9. The highest BCUT2D eigenvalue weighted by Gasteiger charge is 2.13. The molecule has 6 nitrogen and oxygen atoms in total. The third kappa shape index (κ3) is 3.72. The fourth-order valence-electron chi connectivity index (χ4n) is 2.74. The van der Waals surface area contributed by atoms with Gasteiger partial charge >= 0.3 is 0 Å². The Kier molecular flexibility index (Phi) is 5.03. The molecule has 1 amide bonds. The third-order valence-electron chi connectivity index (χ3n) is 4.16. The van der Waals surface area contributed by atoms with Gasteiger partial charge in [-0.2, -0.15) is 5.10 Å². The van der Waals surface area contributed by atoms with Gasteiger partial charge in [-0.05, 0) is 42.8 Å². The molecule has 0 aliphatic rings. The van der Waals surface area contributed by atoms with Gasteiger partial charge in [0.1, 0.15) is 17.2 Å². The van der Waals surface area contributed by atoms with Crippen LogP contribution in [0.4, 0.5) is 10.1 Å². The Labute approximate surface area is 164 Å². The molecule has 2 aromatic heterocycles. The number of aryl methyl sites for hydroxylation is 1. The molecular formula is C20H16FN5OS. The average Bonchev–Trinajstić information content (AvgIpc) is 3.13. The number of anilines is 1. The monoisotopic (exact) mass is 393 g/mol. The maximum Gasteiger partial charge on any atom is 0.234 e. The van der Waals surface area contributed by atoms with E-state index in [0.29, 0.717) is 16.4 Å². The minimum absolute atomic E-state index is 0.114. The molecule has 8 heteroatoms. The van der Waals surface area contributed by atoms with E-state index in [4.69, 9.17) is 0 Å². The van der Waals surface area contributed by atoms with E-state index in [1.807, 2.05) is 31.2 Å². The molecule has 4 aromatic rings. The maximum absolute atomic E-state index is 13.2. The van der Waals surface area contributed by atoms with Crippen LogP contribution in [-0.4, -0.2) is 31.4 Å². The Balaban J connectivity index is 1.52. The van der Waals surface area contributed by atoms with Crippen molar-refractivity contribution in [3.05, 3.63) is 72.4 Å². The van der Waals surface area contributed by atoms with Gasteiger partial charge in [0.15, 0.2) is 5.65 Å². The number of amides is 1. The van der Waals surface area contributed by atoms with Crippen molar-refractivity contribution in [3.8, 4) is 5.69 Å². The lowest BCUT2D eigenvalue weighted by atomic mass is 10.2. The number of aromatic nitrogens is 4. The fraction of sp³-hybridized carbons (Fsp3) is 0.100. The lowest BCUT2D eigenvalue weighted by Crippen LogP contribution is -2.14. The van der Waals surface area contributed by atoms with Gasteiger partial charge in [-0.1, -0.05) is 30.0 Å². The first-order valence-corrected chi connectivity index (χ1v) is 9.53. The summed E-state index contributed by atoms with van der Waals surface area (Å²) in [6, 6.07) is 13.6. The van der Waals surface area contributed by atoms with Gasteiger partial charge in [-0.3, -0.25) is 4.79 Å². The molecule has 0 fully saturated rings. The Morgan fingerprint density at radius 1 is 1.14 bits per heavy atom. The van der Waals surface area contributed by atoms with Crippen molar-refractivity contribution >= 4 is 34.4 Å². The number of hydrogen-bond acceptors (Lipinski definition) is 5. The minimum atomic E-state index is -0.314. The van der Waals surface area contributed by atoms with E-state index in [2.05, 4.69) is 20.4 Å². The number of para-hydroxylation sites is 1. The predicted molar refractivity (Wildman–Crippen MR) is 107 cm³/mol. The molecule has 0 unspecified atom stereocenters. The van der Waals surface area contributed by atoms with Crippen molar-refractivity contribution in [1.29, 1.82) is 0 Å². The summed E-state index contributed by atoms with van der Waals surface area (Å²) in [6.45, 7) is 1.94. The van der Waals surface area contributed by atoms with E-state index in [-0.39, 0.29) is 17.5 Å². The maximum atomic E-state index is 13.2. The second kappa shape index (κ2) is 7.77. The molecule has 4 rings (SSSR count). The molecule has 1 N–H and O–H groups in total. The number of nitrogens with one attached hydrogen (secondary N) is 1. The molecule has 2 heterocycles. The van der Waals surface area contributed by atoms with Crippen LogP contribution in [0.25, 0.3) is 16.7 Å². The molecule has 0 saturated heterocycles. The summed E-state index contributed by atoms with van der Waals surface area (Å²) in [5, 5.41) is 8.65. The van der Waals surface area contributed by atoms with Crippen molar-refractivity contribution in [2.45, 2.75) is 11.9 Å². The average molecular weight is 393 g/mol. The predicted octanol–water partition coefficient (Wildman–Crippen LogP) is 3.99. The summed E-state index contributed by atoms with van der Waals surface area (Å²) in [7, 11) is 0. The fourth-order valence-corrected chi connectivity index (χ4v) is 3.50. The van der Waals surface area contributed by atoms with E-state index in [0.717, 1.165) is 16.6 Å². The zero-order valence-electron chi connectivity index (χ0n) is 15.0. The van der Waals surface area contributed by atoms with E-state index in [9.17, 15) is 9.18 Å². The summed E-state index contributed by atoms with van der Waals surface area (Å²) in [5.41, 5.74) is 3.10. The van der Waals surface area contributed by atoms with Crippen molar-refractivity contribution in [2.24, 2.45) is 0 Å². The van der Waals surface area contributed by atoms with Gasteiger partial charge in [0, 0.05) is 5.69 Å². The number of benzene rings is 2. The van der Waals surface area contributed by atoms with Gasteiger partial charge in [-0.15, -0.1) is 0 Å². The van der Waals surface area contributed by atoms with Crippen molar-refractivity contribution in [1.82, 2.24) is 19.7 Å². The van der Waals surface area contributed by atoms with Crippen LogP contribution in [0.5, 0.6) is 0 Å². The lowest BCUT2D eigenvalue weighted by molar-refractivity contribution is -0.113. The Hall–Kier alpha value is -3.26. The Morgan fingerprint density at radius 3 is 2.71 bits per heavy atom. The molecule has 0 aliphatic carbocycles. The van der Waals surface area contributed by atoms with Crippen LogP contribution >= 0.6 is 11.8 Å². The molecule has 0 spiro atoms. The van der Waals surface area contributed by atoms with Crippen molar-refractivity contribution in [2.75, 3.05) is 11.1 Å².